The minimum atomic E-state index is 0. The third kappa shape index (κ3) is 11.6. The fraction of sp³-hybridized carbons (Fsp3) is 0.556. The summed E-state index contributed by atoms with van der Waals surface area (Å²) in [5.41, 5.74) is 13.9. The molecule has 25 heavy (non-hydrogen) atoms. The second-order valence-electron chi connectivity index (χ2n) is 6.77. The monoisotopic (exact) mass is 460 g/mol. The maximum Gasteiger partial charge on any atom is 0.188 e. The first-order valence-electron chi connectivity index (χ1n) is 8.52. The van der Waals surface area contributed by atoms with Gasteiger partial charge in [-0.3, -0.25) is 0 Å². The van der Waals surface area contributed by atoms with Crippen LogP contribution >= 0.6 is 24.0 Å². The third-order valence-electron chi connectivity index (χ3n) is 3.24. The summed E-state index contributed by atoms with van der Waals surface area (Å²) in [6.45, 7) is 11.3. The van der Waals surface area contributed by atoms with E-state index in [1.807, 2.05) is 18.2 Å². The molecule has 6 nitrogen and oxygen atoms in total. The summed E-state index contributed by atoms with van der Waals surface area (Å²) in [5, 5.41) is 6.22. The standard InChI is InChI=1S/C18H32N6.HI/c1-13(2)9-21-17(19)23-11-15-6-5-7-16(8-15)12-24-18(20)22-10-14(3)4;/h5-8,13-14H,9-12H2,1-4H3,(H3,19,21,23)(H3,20,22,24);1H. The lowest BCUT2D eigenvalue weighted by Crippen LogP contribution is -2.34. The van der Waals surface area contributed by atoms with Crippen molar-refractivity contribution in [2.75, 3.05) is 13.1 Å². The smallest absolute Gasteiger partial charge is 0.188 e. The fourth-order valence-corrected chi connectivity index (χ4v) is 1.91. The molecule has 0 spiro atoms. The number of rotatable bonds is 8. The Balaban J connectivity index is 0.00000576. The molecular formula is C18H33IN6. The van der Waals surface area contributed by atoms with Crippen molar-refractivity contribution in [3.8, 4) is 0 Å². The van der Waals surface area contributed by atoms with Gasteiger partial charge >= 0.3 is 0 Å². The second kappa shape index (κ2) is 12.8. The maximum absolute atomic E-state index is 5.86. The number of guanidine groups is 2. The van der Waals surface area contributed by atoms with Gasteiger partial charge in [0.05, 0.1) is 13.1 Å². The number of nitrogens with two attached hydrogens (primary N) is 2. The van der Waals surface area contributed by atoms with Crippen LogP contribution in [0.5, 0.6) is 0 Å². The molecule has 0 unspecified atom stereocenters. The van der Waals surface area contributed by atoms with Crippen molar-refractivity contribution in [3.05, 3.63) is 35.4 Å². The number of halogens is 1. The molecule has 7 heteroatoms. The van der Waals surface area contributed by atoms with Gasteiger partial charge in [-0.25, -0.2) is 9.98 Å². The lowest BCUT2D eigenvalue weighted by Gasteiger charge is -2.09. The minimum absolute atomic E-state index is 0. The average Bonchev–Trinajstić information content (AvgIpc) is 2.54. The van der Waals surface area contributed by atoms with E-state index >= 15 is 0 Å². The number of nitrogens with zero attached hydrogens (tertiary/aromatic N) is 2. The molecule has 0 aliphatic rings. The predicted octanol–water partition coefficient (Wildman–Crippen LogP) is 2.43. The number of aliphatic imine (C=N–C) groups is 2. The highest BCUT2D eigenvalue weighted by Crippen LogP contribution is 2.08. The summed E-state index contributed by atoms with van der Waals surface area (Å²) < 4.78 is 0. The Kier molecular flexibility index (Phi) is 12.0. The summed E-state index contributed by atoms with van der Waals surface area (Å²) in [6, 6.07) is 8.16. The first kappa shape index (κ1) is 23.5. The summed E-state index contributed by atoms with van der Waals surface area (Å²) in [7, 11) is 0. The largest absolute Gasteiger partial charge is 0.370 e. The highest BCUT2D eigenvalue weighted by Gasteiger charge is 1.99. The van der Waals surface area contributed by atoms with Gasteiger partial charge in [0.1, 0.15) is 0 Å². The molecule has 0 radical (unpaired) electrons. The Morgan fingerprint density at radius 2 is 1.28 bits per heavy atom. The first-order valence-corrected chi connectivity index (χ1v) is 8.52. The quantitative estimate of drug-likeness (QED) is 0.272. The van der Waals surface area contributed by atoms with Crippen LogP contribution in [-0.2, 0) is 13.1 Å². The third-order valence-corrected chi connectivity index (χ3v) is 3.24. The van der Waals surface area contributed by atoms with Crippen LogP contribution < -0.4 is 22.1 Å². The molecule has 0 aliphatic carbocycles. The second-order valence-corrected chi connectivity index (χ2v) is 6.77. The van der Waals surface area contributed by atoms with Crippen LogP contribution in [0.15, 0.2) is 34.3 Å². The average molecular weight is 460 g/mol. The number of hydrogen-bond acceptors (Lipinski definition) is 2. The SMILES string of the molecule is CC(C)CNC(N)=NCc1cccc(CN=C(N)NCC(C)C)c1.I. The van der Waals surface area contributed by atoms with Crippen LogP contribution in [0.2, 0.25) is 0 Å². The normalized spacial score (nSPS) is 12.2. The lowest BCUT2D eigenvalue weighted by atomic mass is 10.1. The van der Waals surface area contributed by atoms with Crippen molar-refractivity contribution in [2.24, 2.45) is 33.3 Å². The van der Waals surface area contributed by atoms with E-state index in [9.17, 15) is 0 Å². The Morgan fingerprint density at radius 1 is 0.880 bits per heavy atom. The molecule has 1 rings (SSSR count). The van der Waals surface area contributed by atoms with Gasteiger partial charge in [0.15, 0.2) is 11.9 Å². The highest BCUT2D eigenvalue weighted by atomic mass is 127. The predicted molar refractivity (Wildman–Crippen MR) is 118 cm³/mol. The maximum atomic E-state index is 5.86. The fourth-order valence-electron chi connectivity index (χ4n) is 1.91. The molecule has 0 atom stereocenters. The highest BCUT2D eigenvalue weighted by molar-refractivity contribution is 14.0. The number of benzene rings is 1. The first-order chi connectivity index (χ1) is 11.4. The summed E-state index contributed by atoms with van der Waals surface area (Å²) in [5.74, 6) is 2.04. The zero-order chi connectivity index (χ0) is 17.9. The van der Waals surface area contributed by atoms with Crippen LogP contribution in [-0.4, -0.2) is 25.0 Å². The van der Waals surface area contributed by atoms with Gasteiger partial charge in [0.2, 0.25) is 0 Å². The molecular weight excluding hydrogens is 427 g/mol. The summed E-state index contributed by atoms with van der Waals surface area (Å²) in [6.07, 6.45) is 0. The van der Waals surface area contributed by atoms with Gasteiger partial charge in [0, 0.05) is 13.1 Å². The van der Waals surface area contributed by atoms with Crippen LogP contribution in [0.3, 0.4) is 0 Å². The van der Waals surface area contributed by atoms with Gasteiger partial charge in [-0.1, -0.05) is 52.0 Å². The van der Waals surface area contributed by atoms with Crippen LogP contribution in [0.25, 0.3) is 0 Å². The Morgan fingerprint density at radius 3 is 1.64 bits per heavy atom. The molecule has 0 heterocycles. The van der Waals surface area contributed by atoms with Crippen molar-refractivity contribution in [3.63, 3.8) is 0 Å². The molecule has 0 aliphatic heterocycles. The van der Waals surface area contributed by atoms with E-state index < -0.39 is 0 Å². The molecule has 0 aromatic heterocycles. The van der Waals surface area contributed by atoms with E-state index in [0.717, 1.165) is 24.2 Å². The zero-order valence-electron chi connectivity index (χ0n) is 15.7. The zero-order valence-corrected chi connectivity index (χ0v) is 18.1. The molecule has 1 aromatic rings. The van der Waals surface area contributed by atoms with Crippen LogP contribution in [0.4, 0.5) is 0 Å². The molecule has 0 fully saturated rings. The van der Waals surface area contributed by atoms with Gasteiger partial charge in [0.25, 0.3) is 0 Å². The van der Waals surface area contributed by atoms with Crippen molar-refractivity contribution < 1.29 is 0 Å². The summed E-state index contributed by atoms with van der Waals surface area (Å²) >= 11 is 0. The topological polar surface area (TPSA) is 101 Å². The Hall–Kier alpha value is -1.51. The van der Waals surface area contributed by atoms with Crippen molar-refractivity contribution in [2.45, 2.75) is 40.8 Å². The molecule has 0 saturated carbocycles. The van der Waals surface area contributed by atoms with E-state index in [4.69, 9.17) is 11.5 Å². The van der Waals surface area contributed by atoms with Crippen LogP contribution in [0.1, 0.15) is 38.8 Å². The van der Waals surface area contributed by atoms with Crippen molar-refractivity contribution in [1.29, 1.82) is 0 Å². The molecule has 0 bridgehead atoms. The molecule has 6 N–H and O–H groups in total. The van der Waals surface area contributed by atoms with Gasteiger partial charge < -0.3 is 22.1 Å². The van der Waals surface area contributed by atoms with Gasteiger partial charge in [-0.2, -0.15) is 0 Å². The molecule has 1 aromatic carbocycles. The van der Waals surface area contributed by atoms with Gasteiger partial charge in [-0.05, 0) is 23.0 Å². The van der Waals surface area contributed by atoms with Gasteiger partial charge in [-0.15, -0.1) is 24.0 Å². The van der Waals surface area contributed by atoms with E-state index in [0.29, 0.717) is 36.8 Å². The Labute approximate surface area is 169 Å². The number of nitrogens with one attached hydrogen (secondary N) is 2. The van der Waals surface area contributed by atoms with E-state index in [1.165, 1.54) is 0 Å². The van der Waals surface area contributed by atoms with E-state index in [1.54, 1.807) is 0 Å². The lowest BCUT2D eigenvalue weighted by molar-refractivity contribution is 0.621. The molecule has 0 saturated heterocycles. The summed E-state index contributed by atoms with van der Waals surface area (Å²) in [4.78, 5) is 8.72. The van der Waals surface area contributed by atoms with Crippen molar-refractivity contribution >= 4 is 35.9 Å². The molecule has 142 valence electrons. The molecule has 0 amide bonds. The number of hydrogen-bond donors (Lipinski definition) is 4. The Bertz CT molecular complexity index is 509. The minimum Gasteiger partial charge on any atom is -0.370 e. The van der Waals surface area contributed by atoms with Crippen LogP contribution in [0, 0.1) is 11.8 Å². The van der Waals surface area contributed by atoms with E-state index in [2.05, 4.69) is 54.4 Å². The van der Waals surface area contributed by atoms with Crippen molar-refractivity contribution in [1.82, 2.24) is 10.6 Å². The van der Waals surface area contributed by atoms with E-state index in [-0.39, 0.29) is 24.0 Å².